The summed E-state index contributed by atoms with van der Waals surface area (Å²) in [6.07, 6.45) is 0. The Kier molecular flexibility index (Phi) is 5.33. The van der Waals surface area contributed by atoms with Gasteiger partial charge in [-0.15, -0.1) is 0 Å². The molecule has 21 heavy (non-hydrogen) atoms. The molecule has 0 saturated carbocycles. The molecule has 0 aliphatic carbocycles. The lowest BCUT2D eigenvalue weighted by Crippen LogP contribution is -2.22. The molecule has 2 aromatic rings. The fourth-order valence-corrected chi connectivity index (χ4v) is 1.81. The molecule has 0 atom stereocenters. The molecular weight excluding hydrogens is 266 g/mol. The van der Waals surface area contributed by atoms with Gasteiger partial charge in [0, 0.05) is 24.1 Å². The van der Waals surface area contributed by atoms with E-state index < -0.39 is 0 Å². The first kappa shape index (κ1) is 15.5. The number of nitrogens with zero attached hydrogens (tertiary/aromatic N) is 2. The topological polar surface area (TPSA) is 60.2 Å². The summed E-state index contributed by atoms with van der Waals surface area (Å²) in [5.74, 6) is 2.31. The van der Waals surface area contributed by atoms with Crippen molar-refractivity contribution in [2.45, 2.75) is 52.8 Å². The highest BCUT2D eigenvalue weighted by molar-refractivity contribution is 5.33. The predicted molar refractivity (Wildman–Crippen MR) is 81.1 cm³/mol. The first-order valence-electron chi connectivity index (χ1n) is 7.33. The van der Waals surface area contributed by atoms with Crippen LogP contribution >= 0.6 is 0 Å². The van der Waals surface area contributed by atoms with Gasteiger partial charge in [-0.3, -0.25) is 0 Å². The molecule has 0 amide bonds. The molecular formula is C16H23N3O2. The van der Waals surface area contributed by atoms with Crippen molar-refractivity contribution in [2.75, 3.05) is 0 Å². The Morgan fingerprint density at radius 3 is 2.62 bits per heavy atom. The number of nitrogens with one attached hydrogen (secondary N) is 1. The summed E-state index contributed by atoms with van der Waals surface area (Å²) in [6, 6.07) is 8.41. The van der Waals surface area contributed by atoms with Crippen LogP contribution in [0.5, 0.6) is 5.75 Å². The van der Waals surface area contributed by atoms with Gasteiger partial charge in [0.2, 0.25) is 0 Å². The molecule has 5 nitrogen and oxygen atoms in total. The van der Waals surface area contributed by atoms with Gasteiger partial charge in [-0.05, 0) is 6.07 Å². The molecule has 0 fully saturated rings. The largest absolute Gasteiger partial charge is 0.483 e. The SMILES string of the molecule is CC(C)NCc1ccccc1OCc1nc(C(C)C)no1. The van der Waals surface area contributed by atoms with Crippen molar-refractivity contribution in [3.05, 3.63) is 41.5 Å². The maximum atomic E-state index is 5.81. The van der Waals surface area contributed by atoms with E-state index in [2.05, 4.69) is 35.4 Å². The van der Waals surface area contributed by atoms with Crippen LogP contribution in [0, 0.1) is 0 Å². The zero-order valence-electron chi connectivity index (χ0n) is 13.1. The predicted octanol–water partition coefficient (Wildman–Crippen LogP) is 3.27. The van der Waals surface area contributed by atoms with Crippen molar-refractivity contribution < 1.29 is 9.26 Å². The summed E-state index contributed by atoms with van der Waals surface area (Å²) in [5.41, 5.74) is 1.12. The maximum absolute atomic E-state index is 5.81. The van der Waals surface area contributed by atoms with Crippen molar-refractivity contribution >= 4 is 0 Å². The van der Waals surface area contributed by atoms with Gasteiger partial charge in [0.25, 0.3) is 5.89 Å². The van der Waals surface area contributed by atoms with Crippen LogP contribution in [0.1, 0.15) is 50.9 Å². The first-order chi connectivity index (χ1) is 10.1. The summed E-state index contributed by atoms with van der Waals surface area (Å²) >= 11 is 0. The minimum absolute atomic E-state index is 0.255. The van der Waals surface area contributed by atoms with Crippen LogP contribution in [0.2, 0.25) is 0 Å². The van der Waals surface area contributed by atoms with Gasteiger partial charge in [0.05, 0.1) is 0 Å². The molecule has 1 N–H and O–H groups in total. The van der Waals surface area contributed by atoms with E-state index in [1.54, 1.807) is 0 Å². The molecule has 0 spiro atoms. The van der Waals surface area contributed by atoms with Crippen LogP contribution in [0.15, 0.2) is 28.8 Å². The summed E-state index contributed by atoms with van der Waals surface area (Å²) in [7, 11) is 0. The van der Waals surface area contributed by atoms with Gasteiger partial charge in [0.1, 0.15) is 5.75 Å². The summed E-state index contributed by atoms with van der Waals surface area (Å²) in [6.45, 7) is 9.36. The average Bonchev–Trinajstić information content (AvgIpc) is 2.93. The van der Waals surface area contributed by atoms with Gasteiger partial charge in [0.15, 0.2) is 12.4 Å². The zero-order valence-corrected chi connectivity index (χ0v) is 13.1. The molecule has 2 rings (SSSR count). The molecule has 0 unspecified atom stereocenters. The van der Waals surface area contributed by atoms with Crippen molar-refractivity contribution in [3.8, 4) is 5.75 Å². The number of hydrogen-bond donors (Lipinski definition) is 1. The quantitative estimate of drug-likeness (QED) is 0.847. The molecule has 0 radical (unpaired) electrons. The average molecular weight is 289 g/mol. The second-order valence-electron chi connectivity index (χ2n) is 5.63. The van der Waals surface area contributed by atoms with Gasteiger partial charge in [-0.25, -0.2) is 0 Å². The van der Waals surface area contributed by atoms with E-state index in [4.69, 9.17) is 9.26 Å². The molecule has 1 aromatic carbocycles. The van der Waals surface area contributed by atoms with E-state index in [-0.39, 0.29) is 5.92 Å². The second kappa shape index (κ2) is 7.22. The Hall–Kier alpha value is -1.88. The van der Waals surface area contributed by atoms with E-state index in [0.29, 0.717) is 24.4 Å². The zero-order chi connectivity index (χ0) is 15.2. The monoisotopic (exact) mass is 289 g/mol. The van der Waals surface area contributed by atoms with Crippen molar-refractivity contribution in [3.63, 3.8) is 0 Å². The molecule has 0 aliphatic rings. The van der Waals surface area contributed by atoms with Gasteiger partial charge in [-0.1, -0.05) is 51.1 Å². The Labute approximate surface area is 125 Å². The van der Waals surface area contributed by atoms with Crippen molar-refractivity contribution in [1.82, 2.24) is 15.5 Å². The van der Waals surface area contributed by atoms with E-state index in [1.165, 1.54) is 0 Å². The molecule has 1 aromatic heterocycles. The normalized spacial score (nSPS) is 11.3. The van der Waals surface area contributed by atoms with Crippen molar-refractivity contribution in [1.29, 1.82) is 0 Å². The van der Waals surface area contributed by atoms with Crippen molar-refractivity contribution in [2.24, 2.45) is 0 Å². The summed E-state index contributed by atoms with van der Waals surface area (Å²) in [5, 5.41) is 7.32. The lowest BCUT2D eigenvalue weighted by Gasteiger charge is -2.12. The van der Waals surface area contributed by atoms with Crippen LogP contribution in [0.3, 0.4) is 0 Å². The van der Waals surface area contributed by atoms with Crippen LogP contribution < -0.4 is 10.1 Å². The molecule has 0 saturated heterocycles. The van der Waals surface area contributed by atoms with E-state index in [1.807, 2.05) is 32.0 Å². The van der Waals surface area contributed by atoms with Crippen LogP contribution in [-0.2, 0) is 13.2 Å². The Morgan fingerprint density at radius 1 is 1.19 bits per heavy atom. The molecule has 0 bridgehead atoms. The lowest BCUT2D eigenvalue weighted by atomic mass is 10.2. The molecule has 114 valence electrons. The van der Waals surface area contributed by atoms with E-state index in [9.17, 15) is 0 Å². The molecule has 5 heteroatoms. The minimum Gasteiger partial charge on any atom is -0.483 e. The highest BCUT2D eigenvalue weighted by atomic mass is 16.5. The highest BCUT2D eigenvalue weighted by Gasteiger charge is 2.11. The fraction of sp³-hybridized carbons (Fsp3) is 0.500. The Morgan fingerprint density at radius 2 is 1.95 bits per heavy atom. The second-order valence-corrected chi connectivity index (χ2v) is 5.63. The van der Waals surface area contributed by atoms with Gasteiger partial charge < -0.3 is 14.6 Å². The van der Waals surface area contributed by atoms with Gasteiger partial charge >= 0.3 is 0 Å². The summed E-state index contributed by atoms with van der Waals surface area (Å²) < 4.78 is 11.0. The third-order valence-electron chi connectivity index (χ3n) is 3.02. The number of rotatable bonds is 7. The van der Waals surface area contributed by atoms with Crippen LogP contribution in [-0.4, -0.2) is 16.2 Å². The number of aromatic nitrogens is 2. The number of benzene rings is 1. The van der Waals surface area contributed by atoms with Crippen LogP contribution in [0.25, 0.3) is 0 Å². The number of para-hydroxylation sites is 1. The standard InChI is InChI=1S/C16H23N3O2/c1-11(2)16-18-15(21-19-16)10-20-14-8-6-5-7-13(14)9-17-12(3)4/h5-8,11-12,17H,9-10H2,1-4H3. The molecule has 1 heterocycles. The summed E-state index contributed by atoms with van der Waals surface area (Å²) in [4.78, 5) is 4.31. The smallest absolute Gasteiger partial charge is 0.264 e. The number of hydrogen-bond acceptors (Lipinski definition) is 5. The Bertz CT molecular complexity index is 564. The third kappa shape index (κ3) is 4.56. The van der Waals surface area contributed by atoms with E-state index in [0.717, 1.165) is 17.9 Å². The fourth-order valence-electron chi connectivity index (χ4n) is 1.81. The third-order valence-corrected chi connectivity index (χ3v) is 3.02. The Balaban J connectivity index is 1.98. The van der Waals surface area contributed by atoms with Gasteiger partial charge in [-0.2, -0.15) is 4.98 Å². The maximum Gasteiger partial charge on any atom is 0.264 e. The number of ether oxygens (including phenoxy) is 1. The first-order valence-corrected chi connectivity index (χ1v) is 7.33. The minimum atomic E-state index is 0.255. The van der Waals surface area contributed by atoms with Crippen LogP contribution in [0.4, 0.5) is 0 Å². The highest BCUT2D eigenvalue weighted by Crippen LogP contribution is 2.19. The van der Waals surface area contributed by atoms with E-state index >= 15 is 0 Å². The lowest BCUT2D eigenvalue weighted by molar-refractivity contribution is 0.240. The molecule has 0 aliphatic heterocycles.